The summed E-state index contributed by atoms with van der Waals surface area (Å²) in [7, 11) is 5.37. The van der Waals surface area contributed by atoms with E-state index in [1.54, 1.807) is 0 Å². The van der Waals surface area contributed by atoms with Gasteiger partial charge in [0.1, 0.15) is 4.88 Å². The molecule has 1 aromatic rings. The van der Waals surface area contributed by atoms with Gasteiger partial charge in [0.25, 0.3) is 0 Å². The van der Waals surface area contributed by atoms with Gasteiger partial charge in [-0.2, -0.15) is 0 Å². The van der Waals surface area contributed by atoms with Crippen molar-refractivity contribution in [2.24, 2.45) is 0 Å². The van der Waals surface area contributed by atoms with Crippen LogP contribution >= 0.6 is 11.3 Å². The molecule has 0 aromatic carbocycles. The topological polar surface area (TPSA) is 54.5 Å². The summed E-state index contributed by atoms with van der Waals surface area (Å²) in [4.78, 5) is 17.8. The third kappa shape index (κ3) is 3.85. The van der Waals surface area contributed by atoms with Crippen LogP contribution in [0, 0.1) is 0 Å². The Morgan fingerprint density at radius 2 is 2.40 bits per heavy atom. The van der Waals surface area contributed by atoms with E-state index in [-0.39, 0.29) is 5.97 Å². The van der Waals surface area contributed by atoms with Gasteiger partial charge in [0.15, 0.2) is 5.13 Å². The summed E-state index contributed by atoms with van der Waals surface area (Å²) < 4.78 is 4.59. The lowest BCUT2D eigenvalue weighted by Gasteiger charge is -2.08. The highest BCUT2D eigenvalue weighted by Crippen LogP contribution is 2.18. The quantitative estimate of drug-likeness (QED) is 0.760. The van der Waals surface area contributed by atoms with Crippen LogP contribution in [0.1, 0.15) is 9.67 Å². The van der Waals surface area contributed by atoms with Crippen molar-refractivity contribution in [1.29, 1.82) is 0 Å². The van der Waals surface area contributed by atoms with Crippen LogP contribution in [0.15, 0.2) is 6.20 Å². The molecule has 0 aliphatic heterocycles. The lowest BCUT2D eigenvalue weighted by atomic mass is 10.6. The van der Waals surface area contributed by atoms with Crippen molar-refractivity contribution < 1.29 is 9.53 Å². The number of carbonyl (C=O) groups excluding carboxylic acids is 1. The van der Waals surface area contributed by atoms with Crippen molar-refractivity contribution in [3.8, 4) is 0 Å². The van der Waals surface area contributed by atoms with Crippen LogP contribution < -0.4 is 5.32 Å². The van der Waals surface area contributed by atoms with Crippen LogP contribution in [0.25, 0.3) is 0 Å². The molecule has 1 heterocycles. The zero-order valence-electron chi connectivity index (χ0n) is 9.11. The molecule has 1 aromatic heterocycles. The van der Waals surface area contributed by atoms with Crippen molar-refractivity contribution >= 4 is 22.4 Å². The fourth-order valence-corrected chi connectivity index (χ4v) is 1.70. The Balaban J connectivity index is 2.43. The number of ether oxygens (including phenoxy) is 1. The maximum absolute atomic E-state index is 11.1. The number of thiazole rings is 1. The third-order valence-corrected chi connectivity index (χ3v) is 2.66. The first-order chi connectivity index (χ1) is 7.13. The molecular weight excluding hydrogens is 214 g/mol. The van der Waals surface area contributed by atoms with E-state index in [0.29, 0.717) is 4.88 Å². The summed E-state index contributed by atoms with van der Waals surface area (Å²) in [6.45, 7) is 1.73. The maximum atomic E-state index is 11.1. The SMILES string of the molecule is COC(=O)c1cnc(NCCN(C)C)s1. The maximum Gasteiger partial charge on any atom is 0.349 e. The lowest BCUT2D eigenvalue weighted by Crippen LogP contribution is -2.20. The summed E-state index contributed by atoms with van der Waals surface area (Å²) in [6.07, 6.45) is 1.52. The fraction of sp³-hybridized carbons (Fsp3) is 0.556. The average Bonchev–Trinajstić information content (AvgIpc) is 2.65. The van der Waals surface area contributed by atoms with Gasteiger partial charge in [0.2, 0.25) is 0 Å². The van der Waals surface area contributed by atoms with Crippen LogP contribution in [0.4, 0.5) is 5.13 Å². The predicted octanol–water partition coefficient (Wildman–Crippen LogP) is 0.903. The third-order valence-electron chi connectivity index (χ3n) is 1.73. The second kappa shape index (κ2) is 5.67. The Hall–Kier alpha value is -1.14. The number of rotatable bonds is 5. The minimum atomic E-state index is -0.340. The van der Waals surface area contributed by atoms with Crippen molar-refractivity contribution in [3.63, 3.8) is 0 Å². The van der Waals surface area contributed by atoms with Gasteiger partial charge in [-0.1, -0.05) is 11.3 Å². The summed E-state index contributed by atoms with van der Waals surface area (Å²) in [6, 6.07) is 0. The first-order valence-corrected chi connectivity index (χ1v) is 5.38. The number of hydrogen-bond acceptors (Lipinski definition) is 6. The molecule has 0 saturated heterocycles. The van der Waals surface area contributed by atoms with E-state index in [2.05, 4.69) is 19.9 Å². The molecule has 1 rings (SSSR count). The Labute approximate surface area is 93.1 Å². The van der Waals surface area contributed by atoms with Gasteiger partial charge < -0.3 is 15.0 Å². The molecule has 0 spiro atoms. The Bertz CT molecular complexity index is 325. The second-order valence-corrected chi connectivity index (χ2v) is 4.28. The Morgan fingerprint density at radius 1 is 1.67 bits per heavy atom. The van der Waals surface area contributed by atoms with Gasteiger partial charge in [-0.3, -0.25) is 0 Å². The van der Waals surface area contributed by atoms with Gasteiger partial charge in [-0.05, 0) is 14.1 Å². The van der Waals surface area contributed by atoms with Crippen molar-refractivity contribution in [1.82, 2.24) is 9.88 Å². The largest absolute Gasteiger partial charge is 0.465 e. The number of esters is 1. The molecule has 0 unspecified atom stereocenters. The number of nitrogens with zero attached hydrogens (tertiary/aromatic N) is 2. The molecule has 84 valence electrons. The van der Waals surface area contributed by atoms with Gasteiger partial charge >= 0.3 is 5.97 Å². The van der Waals surface area contributed by atoms with E-state index in [0.717, 1.165) is 18.2 Å². The first-order valence-electron chi connectivity index (χ1n) is 4.56. The second-order valence-electron chi connectivity index (χ2n) is 3.25. The smallest absolute Gasteiger partial charge is 0.349 e. The predicted molar refractivity (Wildman–Crippen MR) is 60.5 cm³/mol. The molecule has 0 atom stereocenters. The molecule has 5 nitrogen and oxygen atoms in total. The molecule has 0 aliphatic carbocycles. The molecule has 15 heavy (non-hydrogen) atoms. The van der Waals surface area contributed by atoms with E-state index in [9.17, 15) is 4.79 Å². The first kappa shape index (κ1) is 11.9. The van der Waals surface area contributed by atoms with Crippen molar-refractivity contribution in [3.05, 3.63) is 11.1 Å². The molecule has 1 N–H and O–H groups in total. The normalized spacial score (nSPS) is 10.4. The number of hydrogen-bond donors (Lipinski definition) is 1. The van der Waals surface area contributed by atoms with Crippen molar-refractivity contribution in [2.75, 3.05) is 39.6 Å². The summed E-state index contributed by atoms with van der Waals surface area (Å²) in [5, 5.41) is 3.88. The summed E-state index contributed by atoms with van der Waals surface area (Å²) >= 11 is 1.30. The fourth-order valence-electron chi connectivity index (χ4n) is 0.937. The van der Waals surface area contributed by atoms with Gasteiger partial charge in [-0.25, -0.2) is 9.78 Å². The minimum Gasteiger partial charge on any atom is -0.465 e. The molecule has 0 amide bonds. The minimum absolute atomic E-state index is 0.340. The molecule has 0 aliphatic rings. The summed E-state index contributed by atoms with van der Waals surface area (Å²) in [5.74, 6) is -0.340. The number of methoxy groups -OCH3 is 1. The van der Waals surface area contributed by atoms with Crippen LogP contribution in [-0.4, -0.2) is 50.1 Å². The van der Waals surface area contributed by atoms with E-state index >= 15 is 0 Å². The van der Waals surface area contributed by atoms with Gasteiger partial charge in [0, 0.05) is 13.1 Å². The number of carbonyl (C=O) groups is 1. The average molecular weight is 229 g/mol. The van der Waals surface area contributed by atoms with Crippen LogP contribution in [0.5, 0.6) is 0 Å². The molecule has 0 bridgehead atoms. The molecule has 0 saturated carbocycles. The monoisotopic (exact) mass is 229 g/mol. The van der Waals surface area contributed by atoms with E-state index in [1.165, 1.54) is 24.6 Å². The zero-order chi connectivity index (χ0) is 11.3. The van der Waals surface area contributed by atoms with Gasteiger partial charge in [0.05, 0.1) is 13.3 Å². The highest BCUT2D eigenvalue weighted by atomic mass is 32.1. The van der Waals surface area contributed by atoms with E-state index in [1.807, 2.05) is 14.1 Å². The van der Waals surface area contributed by atoms with E-state index in [4.69, 9.17) is 0 Å². The standard InChI is InChI=1S/C9H15N3O2S/c1-12(2)5-4-10-9-11-6-7(15-9)8(13)14-3/h6H,4-5H2,1-3H3,(H,10,11). The Morgan fingerprint density at radius 3 is 3.00 bits per heavy atom. The molecular formula is C9H15N3O2S. The molecule has 0 radical (unpaired) electrons. The highest BCUT2D eigenvalue weighted by Gasteiger charge is 2.09. The van der Waals surface area contributed by atoms with Crippen LogP contribution in [0.2, 0.25) is 0 Å². The molecule has 6 heteroatoms. The summed E-state index contributed by atoms with van der Waals surface area (Å²) in [5.41, 5.74) is 0. The van der Waals surface area contributed by atoms with Crippen molar-refractivity contribution in [2.45, 2.75) is 0 Å². The molecule has 0 fully saturated rings. The number of likely N-dealkylation sites (N-methyl/N-ethyl adjacent to an activating group) is 1. The zero-order valence-corrected chi connectivity index (χ0v) is 9.93. The van der Waals surface area contributed by atoms with Gasteiger partial charge in [-0.15, -0.1) is 0 Å². The van der Waals surface area contributed by atoms with Crippen LogP contribution in [-0.2, 0) is 4.74 Å². The van der Waals surface area contributed by atoms with E-state index < -0.39 is 0 Å². The number of aromatic nitrogens is 1. The number of anilines is 1. The Kier molecular flexibility index (Phi) is 4.51. The lowest BCUT2D eigenvalue weighted by molar-refractivity contribution is 0.0606. The highest BCUT2D eigenvalue weighted by molar-refractivity contribution is 7.17. The number of nitrogens with one attached hydrogen (secondary N) is 1. The van der Waals surface area contributed by atoms with Crippen LogP contribution in [0.3, 0.4) is 0 Å².